The third kappa shape index (κ3) is 2.94. The van der Waals surface area contributed by atoms with E-state index in [-0.39, 0.29) is 22.4 Å². The van der Waals surface area contributed by atoms with Crippen LogP contribution in [-0.2, 0) is 4.79 Å². The Morgan fingerprint density at radius 3 is 2.74 bits per heavy atom. The van der Waals surface area contributed by atoms with E-state index in [9.17, 15) is 13.6 Å². The zero-order valence-corrected chi connectivity index (χ0v) is 9.86. The van der Waals surface area contributed by atoms with Gasteiger partial charge in [-0.05, 0) is 12.1 Å². The maximum absolute atomic E-state index is 13.5. The highest BCUT2D eigenvalue weighted by molar-refractivity contribution is 6.30. The van der Waals surface area contributed by atoms with Crippen LogP contribution in [0.15, 0.2) is 22.6 Å². The molecular weight excluding hydrogens is 282 g/mol. The molecule has 1 aromatic carbocycles. The number of aromatic nitrogens is 2. The van der Waals surface area contributed by atoms with Crippen molar-refractivity contribution in [2.24, 2.45) is 0 Å². The van der Waals surface area contributed by atoms with E-state index in [0.717, 1.165) is 24.3 Å². The summed E-state index contributed by atoms with van der Waals surface area (Å²) in [5.74, 6) is -3.29. The molecule has 0 radical (unpaired) electrons. The van der Waals surface area contributed by atoms with Crippen LogP contribution in [0, 0.1) is 11.6 Å². The molecule has 8 heteroatoms. The molecule has 0 aliphatic carbocycles. The maximum Gasteiger partial charge on any atom is 0.328 e. The second-order valence-corrected chi connectivity index (χ2v) is 3.77. The van der Waals surface area contributed by atoms with Gasteiger partial charge in [0.15, 0.2) is 0 Å². The van der Waals surface area contributed by atoms with E-state index in [1.807, 2.05) is 0 Å². The monoisotopic (exact) mass is 286 g/mol. The van der Waals surface area contributed by atoms with E-state index in [2.05, 4.69) is 10.2 Å². The predicted octanol–water partition coefficient (Wildman–Crippen LogP) is 2.77. The Balaban J connectivity index is 2.38. The van der Waals surface area contributed by atoms with E-state index in [4.69, 9.17) is 21.1 Å². The van der Waals surface area contributed by atoms with Gasteiger partial charge in [0, 0.05) is 12.2 Å². The molecule has 1 aromatic heterocycles. The van der Waals surface area contributed by atoms with Crippen molar-refractivity contribution in [3.8, 4) is 11.5 Å². The molecule has 0 spiro atoms. The molecule has 5 nitrogen and oxygen atoms in total. The molecule has 98 valence electrons. The molecule has 0 aliphatic rings. The van der Waals surface area contributed by atoms with Crippen molar-refractivity contribution < 1.29 is 23.1 Å². The second-order valence-electron chi connectivity index (χ2n) is 3.36. The highest BCUT2D eigenvalue weighted by Gasteiger charge is 2.15. The van der Waals surface area contributed by atoms with Crippen molar-refractivity contribution in [1.82, 2.24) is 10.2 Å². The van der Waals surface area contributed by atoms with Gasteiger partial charge >= 0.3 is 5.97 Å². The third-order valence-corrected chi connectivity index (χ3v) is 2.34. The van der Waals surface area contributed by atoms with Crippen molar-refractivity contribution >= 4 is 23.6 Å². The summed E-state index contributed by atoms with van der Waals surface area (Å²) in [4.78, 5) is 10.3. The standard InChI is InChI=1S/C11H5ClF2N2O3/c12-6-4-7(13)5(3-8(6)14)11-16-15-9(19-11)1-2-10(17)18/h1-4H,(H,17,18)/b2-1+. The fourth-order valence-corrected chi connectivity index (χ4v) is 1.39. The van der Waals surface area contributed by atoms with E-state index in [0.29, 0.717) is 0 Å². The number of carboxylic acids is 1. The molecule has 19 heavy (non-hydrogen) atoms. The lowest BCUT2D eigenvalue weighted by Crippen LogP contribution is -1.88. The summed E-state index contributed by atoms with van der Waals surface area (Å²) < 4.78 is 31.7. The van der Waals surface area contributed by atoms with Gasteiger partial charge in [0.1, 0.15) is 11.6 Å². The van der Waals surface area contributed by atoms with E-state index in [1.54, 1.807) is 0 Å². The molecule has 0 atom stereocenters. The van der Waals surface area contributed by atoms with Crippen molar-refractivity contribution in [2.45, 2.75) is 0 Å². The minimum Gasteiger partial charge on any atom is -0.478 e. The molecule has 2 aromatic rings. The molecule has 1 N–H and O–H groups in total. The van der Waals surface area contributed by atoms with Gasteiger partial charge in [0.25, 0.3) is 5.89 Å². The lowest BCUT2D eigenvalue weighted by Gasteiger charge is -1.99. The van der Waals surface area contributed by atoms with Crippen LogP contribution in [0.1, 0.15) is 5.89 Å². The Bertz CT molecular complexity index is 670. The van der Waals surface area contributed by atoms with Gasteiger partial charge in [-0.1, -0.05) is 11.6 Å². The second kappa shape index (κ2) is 5.15. The van der Waals surface area contributed by atoms with Gasteiger partial charge in [-0.15, -0.1) is 10.2 Å². The minimum absolute atomic E-state index is 0.146. The minimum atomic E-state index is -1.21. The van der Waals surface area contributed by atoms with Crippen LogP contribution >= 0.6 is 11.6 Å². The number of rotatable bonds is 3. The van der Waals surface area contributed by atoms with Crippen LogP contribution in [0.4, 0.5) is 8.78 Å². The molecule has 0 aliphatic heterocycles. The van der Waals surface area contributed by atoms with Gasteiger partial charge in [-0.2, -0.15) is 0 Å². The molecular formula is C11H5ClF2N2O3. The Kier molecular flexibility index (Phi) is 3.57. The first kappa shape index (κ1) is 13.2. The summed E-state index contributed by atoms with van der Waals surface area (Å²) in [5.41, 5.74) is -0.260. The smallest absolute Gasteiger partial charge is 0.328 e. The summed E-state index contributed by atoms with van der Waals surface area (Å²) >= 11 is 5.41. The van der Waals surface area contributed by atoms with Crippen molar-refractivity contribution in [3.05, 3.63) is 40.8 Å². The van der Waals surface area contributed by atoms with Crippen LogP contribution in [-0.4, -0.2) is 21.3 Å². The van der Waals surface area contributed by atoms with Crippen LogP contribution < -0.4 is 0 Å². The zero-order chi connectivity index (χ0) is 14.0. The highest BCUT2D eigenvalue weighted by Crippen LogP contribution is 2.26. The number of hydrogen-bond acceptors (Lipinski definition) is 4. The lowest BCUT2D eigenvalue weighted by atomic mass is 10.2. The van der Waals surface area contributed by atoms with Gasteiger partial charge in [0.2, 0.25) is 5.89 Å². The van der Waals surface area contributed by atoms with E-state index >= 15 is 0 Å². The first-order valence-electron chi connectivity index (χ1n) is 4.87. The summed E-state index contributed by atoms with van der Waals surface area (Å²) in [5, 5.41) is 15.0. The van der Waals surface area contributed by atoms with Gasteiger partial charge in [-0.25, -0.2) is 13.6 Å². The Labute approximate surface area is 110 Å². The molecule has 1 heterocycles. The molecule has 0 amide bonds. The number of nitrogens with zero attached hydrogens (tertiary/aromatic N) is 2. The molecule has 0 saturated carbocycles. The Morgan fingerprint density at radius 2 is 2.05 bits per heavy atom. The van der Waals surface area contributed by atoms with Crippen molar-refractivity contribution in [2.75, 3.05) is 0 Å². The topological polar surface area (TPSA) is 76.2 Å². The SMILES string of the molecule is O=C(O)/C=C/c1nnc(-c2cc(F)c(Cl)cc2F)o1. The Morgan fingerprint density at radius 1 is 1.32 bits per heavy atom. The quantitative estimate of drug-likeness (QED) is 0.693. The van der Waals surface area contributed by atoms with Gasteiger partial charge in [-0.3, -0.25) is 0 Å². The molecule has 0 fully saturated rings. The first-order valence-corrected chi connectivity index (χ1v) is 5.24. The molecule has 0 unspecified atom stereocenters. The van der Waals surface area contributed by atoms with E-state index in [1.165, 1.54) is 0 Å². The van der Waals surface area contributed by atoms with Crippen LogP contribution in [0.2, 0.25) is 5.02 Å². The number of hydrogen-bond donors (Lipinski definition) is 1. The molecule has 0 bridgehead atoms. The predicted molar refractivity (Wildman–Crippen MR) is 61.3 cm³/mol. The molecule has 2 rings (SSSR count). The number of benzene rings is 1. The van der Waals surface area contributed by atoms with Gasteiger partial charge in [0.05, 0.1) is 10.6 Å². The normalized spacial score (nSPS) is 11.1. The zero-order valence-electron chi connectivity index (χ0n) is 9.10. The largest absolute Gasteiger partial charge is 0.478 e. The number of aliphatic carboxylic acids is 1. The highest BCUT2D eigenvalue weighted by atomic mass is 35.5. The average Bonchev–Trinajstić information content (AvgIpc) is 2.80. The van der Waals surface area contributed by atoms with Crippen LogP contribution in [0.5, 0.6) is 0 Å². The molecule has 0 saturated heterocycles. The number of carbonyl (C=O) groups is 1. The fraction of sp³-hybridized carbons (Fsp3) is 0. The fourth-order valence-electron chi connectivity index (χ4n) is 1.24. The number of carboxylic acid groups (broad SMARTS) is 1. The van der Waals surface area contributed by atoms with Crippen molar-refractivity contribution in [3.63, 3.8) is 0 Å². The van der Waals surface area contributed by atoms with E-state index < -0.39 is 17.6 Å². The summed E-state index contributed by atoms with van der Waals surface area (Å²) in [7, 11) is 0. The van der Waals surface area contributed by atoms with Crippen LogP contribution in [0.3, 0.4) is 0 Å². The maximum atomic E-state index is 13.5. The summed E-state index contributed by atoms with van der Waals surface area (Å²) in [6.07, 6.45) is 1.80. The average molecular weight is 287 g/mol. The Hall–Kier alpha value is -2.28. The third-order valence-electron chi connectivity index (χ3n) is 2.05. The van der Waals surface area contributed by atoms with Crippen molar-refractivity contribution in [1.29, 1.82) is 0 Å². The van der Waals surface area contributed by atoms with Gasteiger partial charge < -0.3 is 9.52 Å². The first-order chi connectivity index (χ1) is 8.97. The summed E-state index contributed by atoms with van der Waals surface area (Å²) in [6.45, 7) is 0. The van der Waals surface area contributed by atoms with Crippen LogP contribution in [0.25, 0.3) is 17.5 Å². The number of halogens is 3. The summed E-state index contributed by atoms with van der Waals surface area (Å²) in [6, 6.07) is 1.60. The lowest BCUT2D eigenvalue weighted by molar-refractivity contribution is -0.131.